The highest BCUT2D eigenvalue weighted by Crippen LogP contribution is 2.22. The number of amides is 2. The maximum atomic E-state index is 12.5. The van der Waals surface area contributed by atoms with Gasteiger partial charge in [0, 0.05) is 28.5 Å². The van der Waals surface area contributed by atoms with Crippen molar-refractivity contribution in [3.63, 3.8) is 0 Å². The van der Waals surface area contributed by atoms with Crippen molar-refractivity contribution >= 4 is 35.6 Å². The summed E-state index contributed by atoms with van der Waals surface area (Å²) in [6.07, 6.45) is 2.08. The summed E-state index contributed by atoms with van der Waals surface area (Å²) in [7, 11) is 0. The fourth-order valence-corrected chi connectivity index (χ4v) is 2.47. The smallest absolute Gasteiger partial charge is 0.256 e. The van der Waals surface area contributed by atoms with Gasteiger partial charge in [-0.1, -0.05) is 12.1 Å². The molecule has 6 heteroatoms. The van der Waals surface area contributed by atoms with Gasteiger partial charge >= 0.3 is 0 Å². The van der Waals surface area contributed by atoms with Crippen LogP contribution >= 0.6 is 12.4 Å². The molecule has 0 heterocycles. The average molecular weight is 360 g/mol. The van der Waals surface area contributed by atoms with E-state index in [-0.39, 0.29) is 24.2 Å². The largest absolute Gasteiger partial charge is 0.399 e. The molecule has 4 N–H and O–H groups in total. The topological polar surface area (TPSA) is 84.2 Å². The first-order valence-electron chi connectivity index (χ1n) is 8.03. The molecule has 1 fully saturated rings. The number of hydrogen-bond acceptors (Lipinski definition) is 3. The molecule has 1 saturated carbocycles. The number of rotatable bonds is 4. The molecule has 132 valence electrons. The second-order valence-electron chi connectivity index (χ2n) is 6.31. The molecule has 3 rings (SSSR count). The van der Waals surface area contributed by atoms with Crippen molar-refractivity contribution in [1.29, 1.82) is 0 Å². The molecule has 2 aromatic rings. The Labute approximate surface area is 153 Å². The van der Waals surface area contributed by atoms with Crippen LogP contribution in [0.15, 0.2) is 36.4 Å². The van der Waals surface area contributed by atoms with Gasteiger partial charge in [-0.2, -0.15) is 0 Å². The van der Waals surface area contributed by atoms with Crippen molar-refractivity contribution in [2.45, 2.75) is 32.7 Å². The Hall–Kier alpha value is -2.53. The molecule has 0 bridgehead atoms. The molecule has 0 radical (unpaired) electrons. The Kier molecular flexibility index (Phi) is 5.69. The monoisotopic (exact) mass is 359 g/mol. The zero-order valence-corrected chi connectivity index (χ0v) is 15.1. The molecule has 25 heavy (non-hydrogen) atoms. The van der Waals surface area contributed by atoms with E-state index in [1.54, 1.807) is 24.3 Å². The summed E-state index contributed by atoms with van der Waals surface area (Å²) in [6, 6.07) is 10.9. The molecular formula is C19H22ClN3O2. The minimum atomic E-state index is -0.234. The van der Waals surface area contributed by atoms with Crippen molar-refractivity contribution in [2.24, 2.45) is 0 Å². The molecule has 1 aliphatic rings. The first-order chi connectivity index (χ1) is 11.4. The van der Waals surface area contributed by atoms with Gasteiger partial charge in [0.05, 0.1) is 0 Å². The lowest BCUT2D eigenvalue weighted by molar-refractivity contribution is 0.0949. The highest BCUT2D eigenvalue weighted by molar-refractivity contribution is 6.07. The third kappa shape index (κ3) is 4.51. The van der Waals surface area contributed by atoms with Crippen LogP contribution in [0.5, 0.6) is 0 Å². The minimum Gasteiger partial charge on any atom is -0.399 e. The first-order valence-corrected chi connectivity index (χ1v) is 8.03. The molecular weight excluding hydrogens is 338 g/mol. The number of carbonyl (C=O) groups is 2. The van der Waals surface area contributed by atoms with Crippen molar-refractivity contribution < 1.29 is 9.59 Å². The van der Waals surface area contributed by atoms with E-state index in [1.807, 2.05) is 26.0 Å². The summed E-state index contributed by atoms with van der Waals surface area (Å²) < 4.78 is 0. The second kappa shape index (κ2) is 7.57. The van der Waals surface area contributed by atoms with Gasteiger partial charge in [-0.05, 0) is 62.1 Å². The van der Waals surface area contributed by atoms with Gasteiger partial charge < -0.3 is 16.4 Å². The second-order valence-corrected chi connectivity index (χ2v) is 6.31. The van der Waals surface area contributed by atoms with E-state index >= 15 is 0 Å². The van der Waals surface area contributed by atoms with Gasteiger partial charge in [-0.15, -0.1) is 12.4 Å². The molecule has 2 amide bonds. The number of hydrogen-bond donors (Lipinski definition) is 3. The third-order valence-corrected chi connectivity index (χ3v) is 4.17. The summed E-state index contributed by atoms with van der Waals surface area (Å²) in [5.74, 6) is -0.337. The van der Waals surface area contributed by atoms with Crippen LogP contribution in [0.3, 0.4) is 0 Å². The predicted molar refractivity (Wildman–Crippen MR) is 102 cm³/mol. The summed E-state index contributed by atoms with van der Waals surface area (Å²) >= 11 is 0. The standard InChI is InChI=1S/C19H21N3O2.ClH/c1-11-4-6-14(20)10-16(11)19(24)22-17-9-13(5-3-12(17)2)18(23)21-15-7-8-15;/h3-6,9-10,15H,7-8,20H2,1-2H3,(H,21,23)(H,22,24);1H. The van der Waals surface area contributed by atoms with E-state index in [1.165, 1.54) is 0 Å². The average Bonchev–Trinajstić information content (AvgIpc) is 3.35. The summed E-state index contributed by atoms with van der Waals surface area (Å²) in [4.78, 5) is 24.7. The van der Waals surface area contributed by atoms with E-state index in [2.05, 4.69) is 10.6 Å². The lowest BCUT2D eigenvalue weighted by Gasteiger charge is -2.12. The predicted octanol–water partition coefficient (Wildman–Crippen LogP) is 3.45. The zero-order valence-electron chi connectivity index (χ0n) is 14.3. The number of anilines is 2. The Morgan fingerprint density at radius 2 is 1.68 bits per heavy atom. The number of benzene rings is 2. The molecule has 0 aliphatic heterocycles. The molecule has 0 saturated heterocycles. The lowest BCUT2D eigenvalue weighted by Crippen LogP contribution is -2.25. The van der Waals surface area contributed by atoms with Crippen molar-refractivity contribution in [1.82, 2.24) is 5.32 Å². The number of nitrogens with two attached hydrogens (primary N) is 1. The van der Waals surface area contributed by atoms with E-state index in [4.69, 9.17) is 5.73 Å². The maximum Gasteiger partial charge on any atom is 0.256 e. The SMILES string of the molecule is Cc1ccc(C(=O)NC2CC2)cc1NC(=O)c1cc(N)ccc1C.Cl. The normalized spacial score (nSPS) is 12.9. The number of carbonyl (C=O) groups excluding carboxylic acids is 2. The van der Waals surface area contributed by atoms with Crippen molar-refractivity contribution in [3.8, 4) is 0 Å². The number of aryl methyl sites for hydroxylation is 2. The van der Waals surface area contributed by atoms with Gasteiger partial charge in [0.25, 0.3) is 11.8 Å². The van der Waals surface area contributed by atoms with Crippen LogP contribution in [0.1, 0.15) is 44.7 Å². The van der Waals surface area contributed by atoms with Crippen LogP contribution in [0, 0.1) is 13.8 Å². The lowest BCUT2D eigenvalue weighted by atomic mass is 10.1. The van der Waals surface area contributed by atoms with Gasteiger partial charge in [-0.25, -0.2) is 0 Å². The van der Waals surface area contributed by atoms with Crippen LogP contribution in [0.2, 0.25) is 0 Å². The van der Waals surface area contributed by atoms with Gasteiger partial charge in [-0.3, -0.25) is 9.59 Å². The van der Waals surface area contributed by atoms with Crippen molar-refractivity contribution in [3.05, 3.63) is 58.7 Å². The minimum absolute atomic E-state index is 0. The van der Waals surface area contributed by atoms with E-state index < -0.39 is 0 Å². The highest BCUT2D eigenvalue weighted by atomic mass is 35.5. The fraction of sp³-hybridized carbons (Fsp3) is 0.263. The van der Waals surface area contributed by atoms with E-state index in [9.17, 15) is 9.59 Å². The molecule has 1 aliphatic carbocycles. The number of nitrogen functional groups attached to an aromatic ring is 1. The Bertz CT molecular complexity index is 816. The highest BCUT2D eigenvalue weighted by Gasteiger charge is 2.24. The molecule has 0 atom stereocenters. The Morgan fingerprint density at radius 3 is 2.36 bits per heavy atom. The quantitative estimate of drug-likeness (QED) is 0.731. The van der Waals surface area contributed by atoms with Crippen molar-refractivity contribution in [2.75, 3.05) is 11.1 Å². The van der Waals surface area contributed by atoms with Crippen LogP contribution < -0.4 is 16.4 Å². The molecule has 0 aromatic heterocycles. The fourth-order valence-electron chi connectivity index (χ4n) is 2.47. The van der Waals surface area contributed by atoms with E-state index in [0.29, 0.717) is 28.5 Å². The van der Waals surface area contributed by atoms with Gasteiger partial charge in [0.1, 0.15) is 0 Å². The molecule has 0 unspecified atom stereocenters. The summed E-state index contributed by atoms with van der Waals surface area (Å²) in [6.45, 7) is 3.76. The molecule has 0 spiro atoms. The maximum absolute atomic E-state index is 12.5. The summed E-state index contributed by atoms with van der Waals surface area (Å²) in [5, 5.41) is 5.83. The van der Waals surface area contributed by atoms with Crippen LogP contribution in [-0.4, -0.2) is 17.9 Å². The van der Waals surface area contributed by atoms with E-state index in [0.717, 1.165) is 24.0 Å². The van der Waals surface area contributed by atoms with Gasteiger partial charge in [0.15, 0.2) is 0 Å². The zero-order chi connectivity index (χ0) is 17.3. The first kappa shape index (κ1) is 18.8. The Morgan fingerprint density at radius 1 is 1.00 bits per heavy atom. The molecule has 5 nitrogen and oxygen atoms in total. The van der Waals surface area contributed by atoms with Crippen LogP contribution in [0.25, 0.3) is 0 Å². The van der Waals surface area contributed by atoms with Gasteiger partial charge in [0.2, 0.25) is 0 Å². The van der Waals surface area contributed by atoms with Crippen LogP contribution in [-0.2, 0) is 0 Å². The summed E-state index contributed by atoms with van der Waals surface area (Å²) in [5.41, 5.74) is 9.77. The van der Waals surface area contributed by atoms with Crippen LogP contribution in [0.4, 0.5) is 11.4 Å². The number of halogens is 1. The third-order valence-electron chi connectivity index (χ3n) is 4.17. The molecule has 2 aromatic carbocycles. The Balaban J connectivity index is 0.00000225. The number of nitrogens with one attached hydrogen (secondary N) is 2.